The van der Waals surface area contributed by atoms with Crippen LogP contribution in [0.15, 0.2) is 47.1 Å². The summed E-state index contributed by atoms with van der Waals surface area (Å²) < 4.78 is 11.6. The van der Waals surface area contributed by atoms with Gasteiger partial charge >= 0.3 is 0 Å². The van der Waals surface area contributed by atoms with Crippen molar-refractivity contribution in [1.29, 1.82) is 0 Å². The number of hydrogen-bond donors (Lipinski definition) is 2. The van der Waals surface area contributed by atoms with E-state index in [-0.39, 0.29) is 18.4 Å². The monoisotopic (exact) mass is 379 g/mol. The Hall–Kier alpha value is -1.96. The summed E-state index contributed by atoms with van der Waals surface area (Å²) in [4.78, 5) is 16.0. The molecule has 0 fully saturated rings. The summed E-state index contributed by atoms with van der Waals surface area (Å²) in [7, 11) is 1.53. The Labute approximate surface area is 143 Å². The Morgan fingerprint density at radius 1 is 1.39 bits per heavy atom. The lowest BCUT2D eigenvalue weighted by Gasteiger charge is -2.12. The van der Waals surface area contributed by atoms with Crippen molar-refractivity contribution >= 4 is 27.5 Å². The highest BCUT2D eigenvalue weighted by Gasteiger charge is 2.11. The largest absolute Gasteiger partial charge is 0.439 e. The van der Waals surface area contributed by atoms with Crippen molar-refractivity contribution in [3.05, 3.63) is 47.1 Å². The van der Waals surface area contributed by atoms with E-state index in [1.807, 2.05) is 24.3 Å². The molecule has 0 aliphatic rings. The summed E-state index contributed by atoms with van der Waals surface area (Å²) in [5.41, 5.74) is 6.08. The van der Waals surface area contributed by atoms with E-state index in [1.54, 1.807) is 12.1 Å². The molecule has 1 heterocycles. The number of nitrogens with zero attached hydrogens (tertiary/aromatic N) is 1. The minimum atomic E-state index is -0.290. The molecule has 0 spiro atoms. The van der Waals surface area contributed by atoms with Gasteiger partial charge in [-0.1, -0.05) is 22.0 Å². The van der Waals surface area contributed by atoms with E-state index in [4.69, 9.17) is 15.2 Å². The first-order chi connectivity index (χ1) is 11.1. The van der Waals surface area contributed by atoms with Gasteiger partial charge in [0.15, 0.2) is 0 Å². The van der Waals surface area contributed by atoms with Crippen LogP contribution < -0.4 is 15.8 Å². The van der Waals surface area contributed by atoms with E-state index in [1.165, 1.54) is 13.3 Å². The van der Waals surface area contributed by atoms with Gasteiger partial charge in [-0.25, -0.2) is 4.98 Å². The maximum Gasteiger partial charge on any atom is 0.227 e. The van der Waals surface area contributed by atoms with Crippen LogP contribution in [0.2, 0.25) is 0 Å². The van der Waals surface area contributed by atoms with Gasteiger partial charge < -0.3 is 20.5 Å². The normalized spacial score (nSPS) is 11.8. The number of carbonyl (C=O) groups excluding carboxylic acids is 1. The van der Waals surface area contributed by atoms with Crippen LogP contribution in [0.5, 0.6) is 11.6 Å². The van der Waals surface area contributed by atoms with Gasteiger partial charge in [0.2, 0.25) is 11.8 Å². The predicted octanol–water partition coefficient (Wildman–Crippen LogP) is 2.94. The third-order valence-electron chi connectivity index (χ3n) is 3.05. The fraction of sp³-hybridized carbons (Fsp3) is 0.250. The van der Waals surface area contributed by atoms with Gasteiger partial charge in [-0.05, 0) is 24.3 Å². The van der Waals surface area contributed by atoms with Crippen LogP contribution in [0, 0.1) is 0 Å². The Morgan fingerprint density at radius 3 is 2.83 bits per heavy atom. The SMILES string of the molecule is COC(CN)CC(=O)Nc1ccc(Oc2cccc(Br)c2)nc1. The third-order valence-corrected chi connectivity index (χ3v) is 3.54. The summed E-state index contributed by atoms with van der Waals surface area (Å²) in [6, 6.07) is 10.9. The van der Waals surface area contributed by atoms with Crippen molar-refractivity contribution in [2.75, 3.05) is 19.0 Å². The summed E-state index contributed by atoms with van der Waals surface area (Å²) in [6.45, 7) is 0.293. The van der Waals surface area contributed by atoms with Crippen LogP contribution >= 0.6 is 15.9 Å². The second-order valence-corrected chi connectivity index (χ2v) is 5.71. The van der Waals surface area contributed by atoms with E-state index < -0.39 is 0 Å². The topological polar surface area (TPSA) is 86.5 Å². The summed E-state index contributed by atoms with van der Waals surface area (Å²) >= 11 is 3.38. The number of rotatable bonds is 7. The molecule has 122 valence electrons. The molecule has 2 rings (SSSR count). The molecule has 1 unspecified atom stereocenters. The first-order valence-electron chi connectivity index (χ1n) is 7.03. The molecule has 0 aliphatic heterocycles. The van der Waals surface area contributed by atoms with Gasteiger partial charge in [0.05, 0.1) is 24.4 Å². The first kappa shape index (κ1) is 17.4. The number of anilines is 1. The van der Waals surface area contributed by atoms with Crippen LogP contribution in [-0.2, 0) is 9.53 Å². The molecule has 0 bridgehead atoms. The van der Waals surface area contributed by atoms with Crippen LogP contribution in [0.4, 0.5) is 5.69 Å². The molecule has 0 saturated carbocycles. The molecule has 6 nitrogen and oxygen atoms in total. The smallest absolute Gasteiger partial charge is 0.227 e. The number of aromatic nitrogens is 1. The molecule has 1 atom stereocenters. The molecule has 1 amide bonds. The zero-order valence-electron chi connectivity index (χ0n) is 12.7. The number of amides is 1. The zero-order chi connectivity index (χ0) is 16.7. The van der Waals surface area contributed by atoms with Gasteiger partial charge in [0, 0.05) is 24.2 Å². The Bertz CT molecular complexity index is 645. The second kappa shape index (κ2) is 8.61. The lowest BCUT2D eigenvalue weighted by Crippen LogP contribution is -2.28. The molecule has 1 aromatic carbocycles. The van der Waals surface area contributed by atoms with Crippen molar-refractivity contribution < 1.29 is 14.3 Å². The Kier molecular flexibility index (Phi) is 6.52. The van der Waals surface area contributed by atoms with Crippen LogP contribution in [0.3, 0.4) is 0 Å². The van der Waals surface area contributed by atoms with Crippen LogP contribution in [-0.4, -0.2) is 30.6 Å². The summed E-state index contributed by atoms with van der Waals surface area (Å²) in [5, 5.41) is 2.74. The lowest BCUT2D eigenvalue weighted by molar-refractivity contribution is -0.118. The van der Waals surface area contributed by atoms with Gasteiger partial charge in [0.1, 0.15) is 5.75 Å². The number of nitrogens with two attached hydrogens (primary N) is 1. The fourth-order valence-corrected chi connectivity index (χ4v) is 2.23. The van der Waals surface area contributed by atoms with Crippen molar-refractivity contribution in [3.63, 3.8) is 0 Å². The van der Waals surface area contributed by atoms with E-state index in [0.717, 1.165) is 4.47 Å². The van der Waals surface area contributed by atoms with E-state index in [9.17, 15) is 4.79 Å². The highest BCUT2D eigenvalue weighted by atomic mass is 79.9. The third kappa shape index (κ3) is 5.63. The number of ether oxygens (including phenoxy) is 2. The average Bonchev–Trinajstić information content (AvgIpc) is 2.54. The number of benzene rings is 1. The van der Waals surface area contributed by atoms with E-state index in [2.05, 4.69) is 26.2 Å². The van der Waals surface area contributed by atoms with Crippen molar-refractivity contribution in [2.45, 2.75) is 12.5 Å². The standard InChI is InChI=1S/C16H18BrN3O3/c1-22-14(9-18)8-15(21)20-12-5-6-16(19-10-12)23-13-4-2-3-11(17)7-13/h2-7,10,14H,8-9,18H2,1H3,(H,20,21). The molecule has 1 aromatic heterocycles. The average molecular weight is 380 g/mol. The minimum Gasteiger partial charge on any atom is -0.439 e. The Balaban J connectivity index is 1.93. The quantitative estimate of drug-likeness (QED) is 0.772. The molecule has 0 radical (unpaired) electrons. The molecule has 0 aliphatic carbocycles. The number of pyridine rings is 1. The molecular formula is C16H18BrN3O3. The number of methoxy groups -OCH3 is 1. The number of carbonyl (C=O) groups is 1. The molecule has 0 saturated heterocycles. The van der Waals surface area contributed by atoms with Crippen molar-refractivity contribution in [2.24, 2.45) is 5.73 Å². The van der Waals surface area contributed by atoms with E-state index >= 15 is 0 Å². The van der Waals surface area contributed by atoms with Crippen LogP contribution in [0.1, 0.15) is 6.42 Å². The van der Waals surface area contributed by atoms with Gasteiger partial charge in [-0.15, -0.1) is 0 Å². The molecule has 3 N–H and O–H groups in total. The summed E-state index contributed by atoms with van der Waals surface area (Å²) in [6.07, 6.45) is 1.45. The highest BCUT2D eigenvalue weighted by Crippen LogP contribution is 2.23. The zero-order valence-corrected chi connectivity index (χ0v) is 14.2. The summed E-state index contributed by atoms with van der Waals surface area (Å²) in [5.74, 6) is 0.942. The molecule has 7 heteroatoms. The number of hydrogen-bond acceptors (Lipinski definition) is 5. The fourth-order valence-electron chi connectivity index (χ4n) is 1.85. The minimum absolute atomic E-state index is 0.176. The Morgan fingerprint density at radius 2 is 2.22 bits per heavy atom. The maximum absolute atomic E-state index is 11.8. The predicted molar refractivity (Wildman–Crippen MR) is 91.6 cm³/mol. The van der Waals surface area contributed by atoms with Crippen LogP contribution in [0.25, 0.3) is 0 Å². The molecule has 2 aromatic rings. The lowest BCUT2D eigenvalue weighted by atomic mass is 10.2. The molecular weight excluding hydrogens is 362 g/mol. The first-order valence-corrected chi connectivity index (χ1v) is 7.82. The number of halogens is 1. The maximum atomic E-state index is 11.8. The van der Waals surface area contributed by atoms with Gasteiger partial charge in [-0.2, -0.15) is 0 Å². The van der Waals surface area contributed by atoms with Crippen molar-refractivity contribution in [1.82, 2.24) is 4.98 Å². The van der Waals surface area contributed by atoms with Gasteiger partial charge in [-0.3, -0.25) is 4.79 Å². The highest BCUT2D eigenvalue weighted by molar-refractivity contribution is 9.10. The second-order valence-electron chi connectivity index (χ2n) is 4.79. The van der Waals surface area contributed by atoms with Crippen molar-refractivity contribution in [3.8, 4) is 11.6 Å². The number of nitrogens with one attached hydrogen (secondary N) is 1. The van der Waals surface area contributed by atoms with Gasteiger partial charge in [0.25, 0.3) is 0 Å². The van der Waals surface area contributed by atoms with E-state index in [0.29, 0.717) is 23.9 Å². The molecule has 23 heavy (non-hydrogen) atoms.